The zero-order chi connectivity index (χ0) is 21.0. The number of ether oxygens (including phenoxy) is 1. The summed E-state index contributed by atoms with van der Waals surface area (Å²) >= 11 is 0. The van der Waals surface area contributed by atoms with Crippen LogP contribution in [0.4, 0.5) is 10.1 Å². The number of hydrogen-bond donors (Lipinski definition) is 1. The number of nitrogen functional groups attached to an aromatic ring is 1. The number of ketones is 1. The smallest absolute Gasteiger partial charge is 0.338 e. The van der Waals surface area contributed by atoms with Crippen molar-refractivity contribution in [1.82, 2.24) is 4.57 Å². The molecule has 0 fully saturated rings. The largest absolute Gasteiger partial charge is 0.454 e. The Morgan fingerprint density at radius 3 is 2.34 bits per heavy atom. The fraction of sp³-hybridized carbons (Fsp3) is 0.217. The first kappa shape index (κ1) is 20.3. The Morgan fingerprint density at radius 1 is 1.03 bits per heavy atom. The van der Waals surface area contributed by atoms with Crippen LogP contribution in [0.25, 0.3) is 0 Å². The molecule has 2 aromatic carbocycles. The molecule has 0 aliphatic carbocycles. The van der Waals surface area contributed by atoms with Gasteiger partial charge in [0.1, 0.15) is 5.82 Å². The number of aromatic nitrogens is 1. The molecule has 0 unspecified atom stereocenters. The van der Waals surface area contributed by atoms with Gasteiger partial charge in [-0.2, -0.15) is 0 Å². The molecule has 29 heavy (non-hydrogen) atoms. The normalized spacial score (nSPS) is 10.7. The third-order valence-electron chi connectivity index (χ3n) is 4.89. The van der Waals surface area contributed by atoms with Gasteiger partial charge in [0.05, 0.1) is 5.56 Å². The highest BCUT2D eigenvalue weighted by molar-refractivity contribution is 6.00. The van der Waals surface area contributed by atoms with Crippen LogP contribution >= 0.6 is 0 Å². The number of benzene rings is 2. The molecule has 5 nitrogen and oxygen atoms in total. The summed E-state index contributed by atoms with van der Waals surface area (Å²) < 4.78 is 20.2. The highest BCUT2D eigenvalue weighted by Gasteiger charge is 2.18. The van der Waals surface area contributed by atoms with Crippen molar-refractivity contribution in [2.24, 2.45) is 0 Å². The lowest BCUT2D eigenvalue weighted by Gasteiger charge is -2.10. The van der Waals surface area contributed by atoms with Crippen molar-refractivity contribution in [1.29, 1.82) is 0 Å². The van der Waals surface area contributed by atoms with E-state index in [-0.39, 0.29) is 18.2 Å². The summed E-state index contributed by atoms with van der Waals surface area (Å²) in [4.78, 5) is 24.7. The van der Waals surface area contributed by atoms with E-state index < -0.39 is 5.97 Å². The van der Waals surface area contributed by atoms with E-state index in [1.54, 1.807) is 42.5 Å². The fourth-order valence-corrected chi connectivity index (χ4v) is 3.23. The predicted octanol–water partition coefficient (Wildman–Crippen LogP) is 4.11. The van der Waals surface area contributed by atoms with Crippen molar-refractivity contribution in [2.75, 3.05) is 12.3 Å². The number of aryl methyl sites for hydroxylation is 2. The summed E-state index contributed by atoms with van der Waals surface area (Å²) in [5.41, 5.74) is 9.80. The lowest BCUT2D eigenvalue weighted by molar-refractivity contribution is 0.0474. The van der Waals surface area contributed by atoms with Gasteiger partial charge >= 0.3 is 5.97 Å². The van der Waals surface area contributed by atoms with Crippen LogP contribution in [0, 0.1) is 19.7 Å². The monoisotopic (exact) mass is 394 g/mol. The molecule has 1 heterocycles. The van der Waals surface area contributed by atoms with E-state index in [1.807, 2.05) is 18.4 Å². The van der Waals surface area contributed by atoms with Gasteiger partial charge in [0.2, 0.25) is 5.78 Å². The van der Waals surface area contributed by atoms with Gasteiger partial charge < -0.3 is 15.0 Å². The van der Waals surface area contributed by atoms with E-state index in [9.17, 15) is 14.0 Å². The molecule has 0 saturated carbocycles. The number of halogens is 1. The third kappa shape index (κ3) is 4.90. The van der Waals surface area contributed by atoms with Crippen LogP contribution in [0.15, 0.2) is 54.6 Å². The van der Waals surface area contributed by atoms with E-state index in [4.69, 9.17) is 10.5 Å². The number of esters is 1. The van der Waals surface area contributed by atoms with Gasteiger partial charge in [-0.05, 0) is 68.3 Å². The van der Waals surface area contributed by atoms with Crippen molar-refractivity contribution in [3.63, 3.8) is 0 Å². The maximum Gasteiger partial charge on any atom is 0.338 e. The molecule has 0 aliphatic rings. The third-order valence-corrected chi connectivity index (χ3v) is 4.89. The standard InChI is InChI=1S/C23H23FN2O3/c1-15-13-21(16(2)26(15)12-11-17-3-7-19(24)8-4-17)22(27)14-29-23(28)18-5-9-20(25)10-6-18/h3-10,13H,11-12,14,25H2,1-2H3. The average molecular weight is 394 g/mol. The van der Waals surface area contributed by atoms with Gasteiger partial charge in [0, 0.05) is 29.2 Å². The number of nitrogens with zero attached hydrogens (tertiary/aromatic N) is 1. The number of carbonyl (C=O) groups is 2. The maximum atomic E-state index is 13.0. The van der Waals surface area contributed by atoms with E-state index in [0.29, 0.717) is 23.4 Å². The van der Waals surface area contributed by atoms with Crippen molar-refractivity contribution >= 4 is 17.4 Å². The number of rotatable bonds is 7. The van der Waals surface area contributed by atoms with Crippen molar-refractivity contribution in [3.05, 3.63) is 88.5 Å². The Bertz CT molecular complexity index is 1020. The summed E-state index contributed by atoms with van der Waals surface area (Å²) in [6.45, 7) is 4.13. The molecular formula is C23H23FN2O3. The Labute approximate surface area is 168 Å². The molecule has 2 N–H and O–H groups in total. The van der Waals surface area contributed by atoms with Gasteiger partial charge in [0.25, 0.3) is 0 Å². The lowest BCUT2D eigenvalue weighted by Crippen LogP contribution is -2.15. The number of carbonyl (C=O) groups excluding carboxylic acids is 2. The van der Waals surface area contributed by atoms with Crippen molar-refractivity contribution in [3.8, 4) is 0 Å². The minimum atomic E-state index is -0.566. The molecule has 0 saturated heterocycles. The Hall–Kier alpha value is -3.41. The molecule has 1 aromatic heterocycles. The quantitative estimate of drug-likeness (QED) is 0.372. The molecule has 0 bridgehead atoms. The topological polar surface area (TPSA) is 74.3 Å². The molecule has 3 aromatic rings. The molecule has 0 spiro atoms. The first-order valence-electron chi connectivity index (χ1n) is 9.32. The first-order valence-corrected chi connectivity index (χ1v) is 9.32. The highest BCUT2D eigenvalue weighted by Crippen LogP contribution is 2.18. The Kier molecular flexibility index (Phi) is 6.12. The highest BCUT2D eigenvalue weighted by atomic mass is 19.1. The van der Waals surface area contributed by atoms with Crippen LogP contribution in [0.3, 0.4) is 0 Å². The molecule has 150 valence electrons. The van der Waals surface area contributed by atoms with Crippen LogP contribution in [-0.4, -0.2) is 22.9 Å². The van der Waals surface area contributed by atoms with Crippen LogP contribution < -0.4 is 5.73 Å². The predicted molar refractivity (Wildman–Crippen MR) is 109 cm³/mol. The van der Waals surface area contributed by atoms with E-state index in [0.717, 1.165) is 23.4 Å². The second-order valence-electron chi connectivity index (χ2n) is 6.93. The van der Waals surface area contributed by atoms with Crippen molar-refractivity contribution < 1.29 is 18.7 Å². The number of hydrogen-bond acceptors (Lipinski definition) is 4. The zero-order valence-corrected chi connectivity index (χ0v) is 16.4. The summed E-state index contributed by atoms with van der Waals surface area (Å²) in [5, 5.41) is 0. The lowest BCUT2D eigenvalue weighted by atomic mass is 10.1. The Balaban J connectivity index is 1.63. The molecular weight excluding hydrogens is 371 g/mol. The Morgan fingerprint density at radius 2 is 1.69 bits per heavy atom. The van der Waals surface area contributed by atoms with Crippen LogP contribution in [0.1, 0.15) is 37.7 Å². The number of Topliss-reactive ketones (excluding diaryl/α,β-unsaturated/α-hetero) is 1. The first-order chi connectivity index (χ1) is 13.8. The van der Waals surface area contributed by atoms with Gasteiger partial charge in [-0.15, -0.1) is 0 Å². The summed E-state index contributed by atoms with van der Waals surface area (Å²) in [6.07, 6.45) is 0.719. The molecule has 0 atom stereocenters. The average Bonchev–Trinajstić information content (AvgIpc) is 3.00. The summed E-state index contributed by atoms with van der Waals surface area (Å²) in [5.74, 6) is -1.08. The van der Waals surface area contributed by atoms with Gasteiger partial charge in [-0.1, -0.05) is 12.1 Å². The SMILES string of the molecule is Cc1cc(C(=O)COC(=O)c2ccc(N)cc2)c(C)n1CCc1ccc(F)cc1. The summed E-state index contributed by atoms with van der Waals surface area (Å²) in [6, 6.07) is 14.5. The molecule has 0 radical (unpaired) electrons. The number of anilines is 1. The minimum Gasteiger partial charge on any atom is -0.454 e. The second-order valence-corrected chi connectivity index (χ2v) is 6.93. The molecule has 0 aliphatic heterocycles. The van der Waals surface area contributed by atoms with Crippen LogP contribution in [0.5, 0.6) is 0 Å². The number of nitrogens with two attached hydrogens (primary N) is 1. The van der Waals surface area contributed by atoms with E-state index in [2.05, 4.69) is 0 Å². The zero-order valence-electron chi connectivity index (χ0n) is 16.4. The molecule has 0 amide bonds. The second kappa shape index (κ2) is 8.73. The van der Waals surface area contributed by atoms with E-state index >= 15 is 0 Å². The van der Waals surface area contributed by atoms with Gasteiger partial charge in [0.15, 0.2) is 6.61 Å². The van der Waals surface area contributed by atoms with Crippen LogP contribution in [0.2, 0.25) is 0 Å². The molecule has 6 heteroatoms. The fourth-order valence-electron chi connectivity index (χ4n) is 3.23. The minimum absolute atomic E-state index is 0.255. The molecule has 3 rings (SSSR count). The summed E-state index contributed by atoms with van der Waals surface area (Å²) in [7, 11) is 0. The van der Waals surface area contributed by atoms with Gasteiger partial charge in [-0.25, -0.2) is 9.18 Å². The van der Waals surface area contributed by atoms with Gasteiger partial charge in [-0.3, -0.25) is 4.79 Å². The van der Waals surface area contributed by atoms with Crippen molar-refractivity contribution in [2.45, 2.75) is 26.8 Å². The maximum absolute atomic E-state index is 13.0. The van der Waals surface area contributed by atoms with Crippen LogP contribution in [-0.2, 0) is 17.7 Å². The van der Waals surface area contributed by atoms with E-state index in [1.165, 1.54) is 12.1 Å².